The van der Waals surface area contributed by atoms with Gasteiger partial charge in [0.1, 0.15) is 5.78 Å². The highest BCUT2D eigenvalue weighted by Crippen LogP contribution is 2.47. The Morgan fingerprint density at radius 3 is 3.00 bits per heavy atom. The lowest BCUT2D eigenvalue weighted by atomic mass is 9.59. The highest BCUT2D eigenvalue weighted by Gasteiger charge is 2.46. The number of carbonyl (C=O) groups excluding carboxylic acids is 1. The van der Waals surface area contributed by atoms with Gasteiger partial charge in [-0.05, 0) is 38.0 Å². The van der Waals surface area contributed by atoms with Gasteiger partial charge in [0.15, 0.2) is 0 Å². The van der Waals surface area contributed by atoms with Gasteiger partial charge in [0, 0.05) is 11.8 Å². The Hall–Kier alpha value is -0.370. The number of aliphatic hydroxyl groups is 1. The lowest BCUT2D eigenvalue weighted by Gasteiger charge is -2.45. The van der Waals surface area contributed by atoms with Gasteiger partial charge < -0.3 is 5.11 Å². The summed E-state index contributed by atoms with van der Waals surface area (Å²) < 4.78 is 0. The average Bonchev–Trinajstić information content (AvgIpc) is 2.09. The third-order valence-corrected chi connectivity index (χ3v) is 4.05. The van der Waals surface area contributed by atoms with Gasteiger partial charge in [-0.1, -0.05) is 6.92 Å². The second-order valence-corrected chi connectivity index (χ2v) is 4.86. The van der Waals surface area contributed by atoms with Crippen LogP contribution in [0, 0.1) is 11.3 Å². The normalized spacial score (nSPS) is 45.8. The molecule has 0 amide bonds. The number of carbonyl (C=O) groups is 1. The molecule has 0 bridgehead atoms. The Morgan fingerprint density at radius 1 is 1.46 bits per heavy atom. The van der Waals surface area contributed by atoms with E-state index >= 15 is 0 Å². The quantitative estimate of drug-likeness (QED) is 0.621. The summed E-state index contributed by atoms with van der Waals surface area (Å²) in [5.41, 5.74) is -0.0858. The van der Waals surface area contributed by atoms with E-state index in [1.165, 1.54) is 0 Å². The number of ketones is 1. The van der Waals surface area contributed by atoms with Crippen molar-refractivity contribution in [3.63, 3.8) is 0 Å². The van der Waals surface area contributed by atoms with Gasteiger partial charge in [0.25, 0.3) is 0 Å². The monoisotopic (exact) mass is 182 g/mol. The van der Waals surface area contributed by atoms with Crippen LogP contribution in [0.4, 0.5) is 0 Å². The summed E-state index contributed by atoms with van der Waals surface area (Å²) in [6.45, 7) is 2.10. The summed E-state index contributed by atoms with van der Waals surface area (Å²) in [6.07, 6.45) is 5.36. The summed E-state index contributed by atoms with van der Waals surface area (Å²) in [4.78, 5) is 11.8. The zero-order valence-corrected chi connectivity index (χ0v) is 8.25. The van der Waals surface area contributed by atoms with Crippen LogP contribution in [0.25, 0.3) is 0 Å². The van der Waals surface area contributed by atoms with Crippen molar-refractivity contribution >= 4 is 5.78 Å². The molecule has 2 rings (SSSR count). The van der Waals surface area contributed by atoms with Crippen molar-refractivity contribution in [1.82, 2.24) is 0 Å². The van der Waals surface area contributed by atoms with Crippen molar-refractivity contribution in [3.8, 4) is 0 Å². The molecule has 2 fully saturated rings. The standard InChI is InChI=1S/C11H18O2/c1-11-6-5-9(12)7-8(11)3-2-4-10(11)13/h8-9,12H,2-7H2,1H3/t8-,9?,11+/m0/s1. The number of hydrogen-bond donors (Lipinski definition) is 1. The van der Waals surface area contributed by atoms with E-state index in [1.54, 1.807) is 0 Å². The van der Waals surface area contributed by atoms with E-state index < -0.39 is 0 Å². The Balaban J connectivity index is 2.18. The minimum Gasteiger partial charge on any atom is -0.393 e. The lowest BCUT2D eigenvalue weighted by Crippen LogP contribution is -2.44. The predicted octanol–water partition coefficient (Wildman–Crippen LogP) is 1.91. The maximum atomic E-state index is 11.8. The van der Waals surface area contributed by atoms with Gasteiger partial charge in [-0.2, -0.15) is 0 Å². The molecule has 0 saturated heterocycles. The minimum absolute atomic E-state index is 0.0858. The van der Waals surface area contributed by atoms with Crippen LogP contribution in [0.1, 0.15) is 45.4 Å². The molecule has 0 spiro atoms. The smallest absolute Gasteiger partial charge is 0.139 e. The first-order valence-corrected chi connectivity index (χ1v) is 5.34. The Bertz CT molecular complexity index is 224. The van der Waals surface area contributed by atoms with Crippen LogP contribution in [-0.4, -0.2) is 17.0 Å². The van der Waals surface area contributed by atoms with Gasteiger partial charge in [-0.15, -0.1) is 0 Å². The molecule has 2 saturated carbocycles. The van der Waals surface area contributed by atoms with Crippen molar-refractivity contribution in [2.24, 2.45) is 11.3 Å². The van der Waals surface area contributed by atoms with Gasteiger partial charge in [-0.25, -0.2) is 0 Å². The van der Waals surface area contributed by atoms with E-state index in [0.29, 0.717) is 11.7 Å². The molecule has 1 unspecified atom stereocenters. The van der Waals surface area contributed by atoms with Crippen molar-refractivity contribution in [1.29, 1.82) is 0 Å². The van der Waals surface area contributed by atoms with Crippen LogP contribution in [0.3, 0.4) is 0 Å². The summed E-state index contributed by atoms with van der Waals surface area (Å²) in [7, 11) is 0. The second kappa shape index (κ2) is 3.09. The van der Waals surface area contributed by atoms with Gasteiger partial charge in [0.2, 0.25) is 0 Å². The van der Waals surface area contributed by atoms with Crippen LogP contribution in [0.2, 0.25) is 0 Å². The Morgan fingerprint density at radius 2 is 2.23 bits per heavy atom. The van der Waals surface area contributed by atoms with Crippen LogP contribution in [0.5, 0.6) is 0 Å². The van der Waals surface area contributed by atoms with Crippen molar-refractivity contribution in [3.05, 3.63) is 0 Å². The van der Waals surface area contributed by atoms with Crippen LogP contribution in [0.15, 0.2) is 0 Å². The molecule has 1 N–H and O–H groups in total. The second-order valence-electron chi connectivity index (χ2n) is 4.86. The van der Waals surface area contributed by atoms with Crippen molar-refractivity contribution in [2.45, 2.75) is 51.6 Å². The first-order valence-electron chi connectivity index (χ1n) is 5.34. The molecule has 2 heteroatoms. The molecule has 0 heterocycles. The first-order chi connectivity index (χ1) is 6.13. The molecule has 2 nitrogen and oxygen atoms in total. The number of fused-ring (bicyclic) bond motifs is 1. The molecule has 0 aromatic rings. The third-order valence-electron chi connectivity index (χ3n) is 4.05. The van der Waals surface area contributed by atoms with E-state index in [0.717, 1.165) is 38.5 Å². The van der Waals surface area contributed by atoms with Crippen molar-refractivity contribution in [2.75, 3.05) is 0 Å². The van der Waals surface area contributed by atoms with E-state index in [9.17, 15) is 9.90 Å². The fourth-order valence-corrected chi connectivity index (χ4v) is 2.98. The molecular weight excluding hydrogens is 164 g/mol. The predicted molar refractivity (Wildman–Crippen MR) is 50.3 cm³/mol. The number of hydrogen-bond acceptors (Lipinski definition) is 2. The largest absolute Gasteiger partial charge is 0.393 e. The topological polar surface area (TPSA) is 37.3 Å². The van der Waals surface area contributed by atoms with Crippen molar-refractivity contribution < 1.29 is 9.90 Å². The fraction of sp³-hybridized carbons (Fsp3) is 0.909. The molecule has 3 atom stereocenters. The SMILES string of the molecule is C[C@@]12CCC(O)C[C@@H]1CCCC2=O. The molecule has 2 aliphatic rings. The van der Waals surface area contributed by atoms with E-state index in [2.05, 4.69) is 6.92 Å². The molecule has 74 valence electrons. The van der Waals surface area contributed by atoms with Crippen LogP contribution < -0.4 is 0 Å². The summed E-state index contributed by atoms with van der Waals surface area (Å²) in [5.74, 6) is 0.896. The van der Waals surface area contributed by atoms with E-state index in [-0.39, 0.29) is 11.5 Å². The van der Waals surface area contributed by atoms with Gasteiger partial charge >= 0.3 is 0 Å². The van der Waals surface area contributed by atoms with E-state index in [4.69, 9.17) is 0 Å². The average molecular weight is 182 g/mol. The maximum absolute atomic E-state index is 11.8. The van der Waals surface area contributed by atoms with Gasteiger partial charge in [0.05, 0.1) is 6.10 Å². The summed E-state index contributed by atoms with van der Waals surface area (Å²) in [5, 5.41) is 9.54. The van der Waals surface area contributed by atoms with Crippen LogP contribution >= 0.6 is 0 Å². The molecule has 2 aliphatic carbocycles. The zero-order valence-electron chi connectivity index (χ0n) is 8.25. The van der Waals surface area contributed by atoms with E-state index in [1.807, 2.05) is 0 Å². The summed E-state index contributed by atoms with van der Waals surface area (Å²) in [6, 6.07) is 0. The van der Waals surface area contributed by atoms with Gasteiger partial charge in [-0.3, -0.25) is 4.79 Å². The van der Waals surface area contributed by atoms with Crippen LogP contribution in [-0.2, 0) is 4.79 Å². The fourth-order valence-electron chi connectivity index (χ4n) is 2.98. The molecule has 13 heavy (non-hydrogen) atoms. The molecule has 0 aliphatic heterocycles. The number of aliphatic hydroxyl groups excluding tert-OH is 1. The molecule has 0 aromatic carbocycles. The maximum Gasteiger partial charge on any atom is 0.139 e. The Labute approximate surface area is 79.3 Å². The Kier molecular flexibility index (Phi) is 2.18. The molecular formula is C11H18O2. The molecule has 0 aromatic heterocycles. The number of Topliss-reactive ketones (excluding diaryl/α,β-unsaturated/α-hetero) is 1. The summed E-state index contributed by atoms with van der Waals surface area (Å²) >= 11 is 0. The lowest BCUT2D eigenvalue weighted by molar-refractivity contribution is -0.138. The third kappa shape index (κ3) is 1.41. The highest BCUT2D eigenvalue weighted by molar-refractivity contribution is 5.85. The first kappa shape index (κ1) is 9.20. The minimum atomic E-state index is -0.149. The molecule has 0 radical (unpaired) electrons. The number of rotatable bonds is 0. The highest BCUT2D eigenvalue weighted by atomic mass is 16.3. The zero-order chi connectivity index (χ0) is 9.47.